The number of sulfonamides is 1. The zero-order valence-corrected chi connectivity index (χ0v) is 15.5. The number of methoxy groups -OCH3 is 1. The van der Waals surface area contributed by atoms with Gasteiger partial charge in [-0.1, -0.05) is 6.07 Å². The Morgan fingerprint density at radius 1 is 1.35 bits per heavy atom. The first kappa shape index (κ1) is 18.7. The number of carboxylic acid groups (broad SMARTS) is 1. The van der Waals surface area contributed by atoms with E-state index < -0.39 is 27.4 Å². The normalized spacial score (nSPS) is 23.0. The number of aliphatic carboxylic acids is 1. The Bertz CT molecular complexity index is 843. The molecule has 0 saturated carbocycles. The molecule has 2 aliphatic heterocycles. The van der Waals surface area contributed by atoms with Gasteiger partial charge in [0.2, 0.25) is 15.9 Å². The van der Waals surface area contributed by atoms with E-state index >= 15 is 0 Å². The van der Waals surface area contributed by atoms with Crippen molar-refractivity contribution in [2.75, 3.05) is 20.2 Å². The molecular formula is C17H22N2O6S. The number of nitrogens with zero attached hydrogens (tertiary/aromatic N) is 1. The lowest BCUT2D eigenvalue weighted by Gasteiger charge is -2.40. The van der Waals surface area contributed by atoms with Crippen LogP contribution < -0.4 is 10.1 Å². The summed E-state index contributed by atoms with van der Waals surface area (Å²) in [6.07, 6.45) is 0.472. The third kappa shape index (κ3) is 3.05. The Hall–Kier alpha value is -2.13. The van der Waals surface area contributed by atoms with Gasteiger partial charge in [-0.15, -0.1) is 0 Å². The Morgan fingerprint density at radius 3 is 2.58 bits per heavy atom. The molecule has 0 radical (unpaired) electrons. The maximum absolute atomic E-state index is 13.0. The first-order chi connectivity index (χ1) is 12.2. The fourth-order valence-electron chi connectivity index (χ4n) is 3.85. The van der Waals surface area contributed by atoms with Crippen LogP contribution in [0.2, 0.25) is 0 Å². The molecule has 0 unspecified atom stereocenters. The molecular weight excluding hydrogens is 360 g/mol. The van der Waals surface area contributed by atoms with Crippen LogP contribution in [0.15, 0.2) is 23.1 Å². The zero-order valence-electron chi connectivity index (χ0n) is 14.7. The molecule has 1 amide bonds. The van der Waals surface area contributed by atoms with Crippen LogP contribution >= 0.6 is 0 Å². The van der Waals surface area contributed by atoms with Gasteiger partial charge in [-0.25, -0.2) is 8.42 Å². The van der Waals surface area contributed by atoms with Crippen molar-refractivity contribution in [1.82, 2.24) is 9.62 Å². The number of benzene rings is 1. The summed E-state index contributed by atoms with van der Waals surface area (Å²) in [7, 11) is -2.35. The summed E-state index contributed by atoms with van der Waals surface area (Å²) in [5.74, 6) is -1.87. The first-order valence-corrected chi connectivity index (χ1v) is 9.82. The van der Waals surface area contributed by atoms with Crippen molar-refractivity contribution in [2.24, 2.45) is 5.92 Å². The van der Waals surface area contributed by atoms with Gasteiger partial charge in [0.15, 0.2) is 0 Å². The molecule has 1 aromatic carbocycles. The second kappa shape index (κ2) is 6.55. The van der Waals surface area contributed by atoms with E-state index in [4.69, 9.17) is 4.74 Å². The standard InChI is InChI=1S/C17H22N2O6S/c1-11-3-4-14(13(9-11)25-2)26(23,24)19-7-5-17(6-8-19)12(16(21)22)10-15(20)18-17/h3-4,9,12H,5-8,10H2,1-2H3,(H,18,20)(H,21,22)/t12-/m1/s1. The van der Waals surface area contributed by atoms with Crippen molar-refractivity contribution >= 4 is 21.9 Å². The monoisotopic (exact) mass is 382 g/mol. The summed E-state index contributed by atoms with van der Waals surface area (Å²) in [4.78, 5) is 23.3. The molecule has 0 bridgehead atoms. The minimum Gasteiger partial charge on any atom is -0.495 e. The van der Waals surface area contributed by atoms with Gasteiger partial charge in [-0.2, -0.15) is 4.31 Å². The third-order valence-electron chi connectivity index (χ3n) is 5.29. The van der Waals surface area contributed by atoms with Gasteiger partial charge in [-0.05, 0) is 37.5 Å². The molecule has 26 heavy (non-hydrogen) atoms. The van der Waals surface area contributed by atoms with Crippen LogP contribution in [0.1, 0.15) is 24.8 Å². The van der Waals surface area contributed by atoms with Crippen LogP contribution in [0.3, 0.4) is 0 Å². The molecule has 2 heterocycles. The predicted octanol–water partition coefficient (Wildman–Crippen LogP) is 0.748. The number of rotatable bonds is 4. The smallest absolute Gasteiger partial charge is 0.309 e. The van der Waals surface area contributed by atoms with Crippen molar-refractivity contribution in [1.29, 1.82) is 0 Å². The summed E-state index contributed by atoms with van der Waals surface area (Å²) >= 11 is 0. The minimum absolute atomic E-state index is 0.0616. The molecule has 8 nitrogen and oxygen atoms in total. The number of aryl methyl sites for hydroxylation is 1. The van der Waals surface area contributed by atoms with Crippen LogP contribution in [0.5, 0.6) is 5.75 Å². The average Bonchev–Trinajstić information content (AvgIpc) is 2.91. The fourth-order valence-corrected chi connectivity index (χ4v) is 5.42. The van der Waals surface area contributed by atoms with Gasteiger partial charge in [0.1, 0.15) is 10.6 Å². The van der Waals surface area contributed by atoms with E-state index in [-0.39, 0.29) is 48.9 Å². The van der Waals surface area contributed by atoms with Gasteiger partial charge < -0.3 is 15.2 Å². The molecule has 2 aliphatic rings. The van der Waals surface area contributed by atoms with E-state index in [2.05, 4.69) is 5.32 Å². The highest BCUT2D eigenvalue weighted by molar-refractivity contribution is 7.89. The number of hydrogen-bond acceptors (Lipinski definition) is 5. The van der Waals surface area contributed by atoms with Crippen LogP contribution in [-0.4, -0.2) is 55.4 Å². The van der Waals surface area contributed by atoms with E-state index in [9.17, 15) is 23.1 Å². The van der Waals surface area contributed by atoms with E-state index in [0.717, 1.165) is 5.56 Å². The number of carboxylic acids is 1. The van der Waals surface area contributed by atoms with E-state index in [0.29, 0.717) is 0 Å². The Labute approximate surface area is 152 Å². The summed E-state index contributed by atoms with van der Waals surface area (Å²) in [6, 6.07) is 4.89. The average molecular weight is 382 g/mol. The first-order valence-electron chi connectivity index (χ1n) is 8.38. The van der Waals surface area contributed by atoms with Crippen LogP contribution in [-0.2, 0) is 19.6 Å². The highest BCUT2D eigenvalue weighted by Gasteiger charge is 2.52. The van der Waals surface area contributed by atoms with E-state index in [1.54, 1.807) is 12.1 Å². The van der Waals surface area contributed by atoms with Gasteiger partial charge in [0.05, 0.1) is 18.6 Å². The third-order valence-corrected chi connectivity index (χ3v) is 7.23. The molecule has 2 saturated heterocycles. The maximum Gasteiger partial charge on any atom is 0.309 e. The van der Waals surface area contributed by atoms with Crippen LogP contribution in [0.4, 0.5) is 0 Å². The van der Waals surface area contributed by atoms with Gasteiger partial charge in [-0.3, -0.25) is 9.59 Å². The van der Waals surface area contributed by atoms with Crippen molar-refractivity contribution in [3.63, 3.8) is 0 Å². The predicted molar refractivity (Wildman–Crippen MR) is 92.3 cm³/mol. The van der Waals surface area contributed by atoms with E-state index in [1.165, 1.54) is 17.5 Å². The lowest BCUT2D eigenvalue weighted by molar-refractivity contribution is -0.144. The fraction of sp³-hybridized carbons (Fsp3) is 0.529. The van der Waals surface area contributed by atoms with Gasteiger partial charge in [0, 0.05) is 19.5 Å². The van der Waals surface area contributed by atoms with Crippen molar-refractivity contribution in [3.8, 4) is 5.75 Å². The highest BCUT2D eigenvalue weighted by atomic mass is 32.2. The molecule has 0 aliphatic carbocycles. The van der Waals surface area contributed by atoms with Gasteiger partial charge in [0.25, 0.3) is 0 Å². The van der Waals surface area contributed by atoms with Crippen molar-refractivity contribution in [2.45, 2.75) is 36.6 Å². The summed E-state index contributed by atoms with van der Waals surface area (Å²) in [5.41, 5.74) is 0.0168. The largest absolute Gasteiger partial charge is 0.495 e. The van der Waals surface area contributed by atoms with E-state index in [1.807, 2.05) is 6.92 Å². The second-order valence-electron chi connectivity index (χ2n) is 6.86. The number of carbonyl (C=O) groups is 2. The van der Waals surface area contributed by atoms with Crippen LogP contribution in [0, 0.1) is 12.8 Å². The lowest BCUT2D eigenvalue weighted by atomic mass is 9.78. The summed E-state index contributed by atoms with van der Waals surface area (Å²) < 4.78 is 32.6. The van der Waals surface area contributed by atoms with Crippen LogP contribution in [0.25, 0.3) is 0 Å². The number of piperidine rings is 1. The van der Waals surface area contributed by atoms with Gasteiger partial charge >= 0.3 is 5.97 Å². The molecule has 9 heteroatoms. The topological polar surface area (TPSA) is 113 Å². The number of carbonyl (C=O) groups excluding carboxylic acids is 1. The number of amides is 1. The molecule has 3 rings (SSSR count). The molecule has 1 aromatic rings. The minimum atomic E-state index is -3.77. The molecule has 2 fully saturated rings. The molecule has 1 spiro atoms. The quantitative estimate of drug-likeness (QED) is 0.794. The summed E-state index contributed by atoms with van der Waals surface area (Å²) in [5, 5.41) is 12.2. The Balaban J connectivity index is 1.84. The lowest BCUT2D eigenvalue weighted by Crippen LogP contribution is -2.56. The summed E-state index contributed by atoms with van der Waals surface area (Å²) in [6.45, 7) is 2.13. The SMILES string of the molecule is COc1cc(C)ccc1S(=O)(=O)N1CCC2(CC1)NC(=O)C[C@@H]2C(=O)O. The molecule has 2 N–H and O–H groups in total. The number of ether oxygens (including phenoxy) is 1. The highest BCUT2D eigenvalue weighted by Crippen LogP contribution is 2.39. The Kier molecular flexibility index (Phi) is 4.70. The van der Waals surface area contributed by atoms with Crippen molar-refractivity contribution < 1.29 is 27.9 Å². The molecule has 142 valence electrons. The second-order valence-corrected chi connectivity index (χ2v) is 8.76. The number of hydrogen-bond donors (Lipinski definition) is 2. The number of nitrogens with one attached hydrogen (secondary N) is 1. The maximum atomic E-state index is 13.0. The molecule has 1 atom stereocenters. The Morgan fingerprint density at radius 2 is 2.00 bits per heavy atom. The zero-order chi connectivity index (χ0) is 19.1. The van der Waals surface area contributed by atoms with Crippen molar-refractivity contribution in [3.05, 3.63) is 23.8 Å². The molecule has 0 aromatic heterocycles.